The zero-order valence-corrected chi connectivity index (χ0v) is 11.6. The average Bonchev–Trinajstić information content (AvgIpc) is 2.47. The van der Waals surface area contributed by atoms with Crippen LogP contribution in [0.25, 0.3) is 0 Å². The van der Waals surface area contributed by atoms with Crippen molar-refractivity contribution in [3.05, 3.63) is 48.8 Å². The van der Waals surface area contributed by atoms with Crippen LogP contribution in [0.1, 0.15) is 0 Å². The molecule has 1 aromatic carbocycles. The third-order valence-electron chi connectivity index (χ3n) is 2.80. The van der Waals surface area contributed by atoms with Crippen molar-refractivity contribution >= 4 is 21.4 Å². The van der Waals surface area contributed by atoms with E-state index >= 15 is 0 Å². The minimum atomic E-state index is -3.60. The quantitative estimate of drug-likeness (QED) is 0.928. The summed E-state index contributed by atoms with van der Waals surface area (Å²) in [4.78, 5) is 4.17. The van der Waals surface area contributed by atoms with E-state index in [1.807, 2.05) is 0 Å². The topological polar surface area (TPSA) is 62.3 Å². The molecule has 0 aliphatic rings. The van der Waals surface area contributed by atoms with Crippen LogP contribution in [0.2, 0.25) is 0 Å². The number of anilines is 2. The summed E-state index contributed by atoms with van der Waals surface area (Å²) in [5.74, 6) is 0. The van der Waals surface area contributed by atoms with E-state index in [9.17, 15) is 8.42 Å². The molecule has 1 N–H and O–H groups in total. The Labute approximate surface area is 113 Å². The highest BCUT2D eigenvalue weighted by Crippen LogP contribution is 2.26. The van der Waals surface area contributed by atoms with Gasteiger partial charge in [0.25, 0.3) is 10.0 Å². The zero-order valence-electron chi connectivity index (χ0n) is 10.7. The monoisotopic (exact) mass is 277 g/mol. The Morgan fingerprint density at radius 1 is 1.16 bits per heavy atom. The second-order valence-corrected chi connectivity index (χ2v) is 5.87. The molecule has 0 atom stereocenters. The Hall–Kier alpha value is -2.08. The number of benzene rings is 1. The minimum absolute atomic E-state index is 0.240. The molecule has 0 fully saturated rings. The van der Waals surface area contributed by atoms with Gasteiger partial charge in [-0.15, -0.1) is 0 Å². The molecular formula is C13H15N3O2S. The first-order valence-electron chi connectivity index (χ1n) is 5.73. The van der Waals surface area contributed by atoms with Crippen LogP contribution < -0.4 is 9.62 Å². The summed E-state index contributed by atoms with van der Waals surface area (Å²) in [6.07, 6.45) is 3.12. The molecular weight excluding hydrogens is 262 g/mol. The maximum Gasteiger partial charge on any atom is 0.266 e. The summed E-state index contributed by atoms with van der Waals surface area (Å²) in [6, 6.07) is 10.2. The van der Waals surface area contributed by atoms with Gasteiger partial charge in [-0.3, -0.25) is 9.29 Å². The molecule has 19 heavy (non-hydrogen) atoms. The van der Waals surface area contributed by atoms with Gasteiger partial charge in [0.1, 0.15) is 4.90 Å². The van der Waals surface area contributed by atoms with E-state index in [4.69, 9.17) is 0 Å². The lowest BCUT2D eigenvalue weighted by Crippen LogP contribution is -2.27. The molecule has 6 heteroatoms. The van der Waals surface area contributed by atoms with Gasteiger partial charge >= 0.3 is 0 Å². The van der Waals surface area contributed by atoms with Gasteiger partial charge in [0, 0.05) is 20.3 Å². The van der Waals surface area contributed by atoms with Crippen molar-refractivity contribution in [1.82, 2.24) is 4.98 Å². The standard InChI is InChI=1S/C13H15N3O2S/c1-14-12-7-3-4-8-13(12)19(17,18)16(2)11-6-5-9-15-10-11/h3-10,14H,1-2H3. The highest BCUT2D eigenvalue weighted by atomic mass is 32.2. The summed E-state index contributed by atoms with van der Waals surface area (Å²) in [5.41, 5.74) is 1.09. The van der Waals surface area contributed by atoms with Crippen molar-refractivity contribution in [2.45, 2.75) is 4.90 Å². The normalized spacial score (nSPS) is 11.1. The molecule has 0 spiro atoms. The van der Waals surface area contributed by atoms with Crippen molar-refractivity contribution in [1.29, 1.82) is 0 Å². The molecule has 0 bridgehead atoms. The lowest BCUT2D eigenvalue weighted by atomic mass is 10.3. The van der Waals surface area contributed by atoms with Crippen molar-refractivity contribution in [2.75, 3.05) is 23.7 Å². The molecule has 0 saturated carbocycles. The molecule has 0 unspecified atom stereocenters. The fourth-order valence-electron chi connectivity index (χ4n) is 1.72. The first kappa shape index (κ1) is 13.4. The largest absolute Gasteiger partial charge is 0.387 e. The predicted octanol–water partition coefficient (Wildman–Crippen LogP) is 1.95. The number of sulfonamides is 1. The van der Waals surface area contributed by atoms with Gasteiger partial charge in [-0.1, -0.05) is 12.1 Å². The maximum atomic E-state index is 12.6. The number of aromatic nitrogens is 1. The zero-order chi connectivity index (χ0) is 13.9. The van der Waals surface area contributed by atoms with Crippen LogP contribution in [-0.4, -0.2) is 27.5 Å². The fraction of sp³-hybridized carbons (Fsp3) is 0.154. The van der Waals surface area contributed by atoms with Crippen LogP contribution in [0.5, 0.6) is 0 Å². The molecule has 2 aromatic rings. The first-order valence-corrected chi connectivity index (χ1v) is 7.17. The second kappa shape index (κ2) is 5.27. The van der Waals surface area contributed by atoms with Crippen LogP contribution in [0.15, 0.2) is 53.7 Å². The molecule has 0 saturated heterocycles. The maximum absolute atomic E-state index is 12.6. The van der Waals surface area contributed by atoms with E-state index in [1.165, 1.54) is 17.5 Å². The van der Waals surface area contributed by atoms with Crippen LogP contribution >= 0.6 is 0 Å². The molecule has 2 rings (SSSR count). The Morgan fingerprint density at radius 3 is 2.53 bits per heavy atom. The van der Waals surface area contributed by atoms with Crippen LogP contribution in [0, 0.1) is 0 Å². The summed E-state index contributed by atoms with van der Waals surface area (Å²) in [6.45, 7) is 0. The van der Waals surface area contributed by atoms with Crippen molar-refractivity contribution in [3.8, 4) is 0 Å². The minimum Gasteiger partial charge on any atom is -0.387 e. The third kappa shape index (κ3) is 2.53. The molecule has 5 nitrogen and oxygen atoms in total. The van der Waals surface area contributed by atoms with Crippen LogP contribution in [0.4, 0.5) is 11.4 Å². The number of rotatable bonds is 4. The van der Waals surface area contributed by atoms with Gasteiger partial charge in [0.05, 0.1) is 17.6 Å². The molecule has 100 valence electrons. The number of nitrogens with zero attached hydrogens (tertiary/aromatic N) is 2. The Balaban J connectivity index is 2.48. The van der Waals surface area contributed by atoms with Gasteiger partial charge in [0.15, 0.2) is 0 Å². The van der Waals surface area contributed by atoms with Crippen LogP contribution in [0.3, 0.4) is 0 Å². The smallest absolute Gasteiger partial charge is 0.266 e. The Bertz CT molecular complexity index is 657. The summed E-state index contributed by atoms with van der Waals surface area (Å²) in [5, 5.41) is 2.89. The predicted molar refractivity (Wildman–Crippen MR) is 75.8 cm³/mol. The summed E-state index contributed by atoms with van der Waals surface area (Å²) < 4.78 is 26.4. The molecule has 0 aliphatic carbocycles. The van der Waals surface area contributed by atoms with Gasteiger partial charge in [-0.05, 0) is 24.3 Å². The van der Waals surface area contributed by atoms with E-state index in [1.54, 1.807) is 49.6 Å². The summed E-state index contributed by atoms with van der Waals surface area (Å²) >= 11 is 0. The van der Waals surface area contributed by atoms with Crippen LogP contribution in [-0.2, 0) is 10.0 Å². The second-order valence-electron chi connectivity index (χ2n) is 3.93. The van der Waals surface area contributed by atoms with E-state index in [2.05, 4.69) is 10.3 Å². The lowest BCUT2D eigenvalue weighted by Gasteiger charge is -2.20. The van der Waals surface area contributed by atoms with E-state index in [0.717, 1.165) is 0 Å². The van der Waals surface area contributed by atoms with E-state index < -0.39 is 10.0 Å². The van der Waals surface area contributed by atoms with Gasteiger partial charge in [0.2, 0.25) is 0 Å². The number of hydrogen-bond donors (Lipinski definition) is 1. The first-order chi connectivity index (χ1) is 9.07. The SMILES string of the molecule is CNc1ccccc1S(=O)(=O)N(C)c1cccnc1. The highest BCUT2D eigenvalue weighted by Gasteiger charge is 2.23. The molecule has 0 aliphatic heterocycles. The van der Waals surface area contributed by atoms with E-state index in [0.29, 0.717) is 11.4 Å². The van der Waals surface area contributed by atoms with Crippen molar-refractivity contribution in [2.24, 2.45) is 0 Å². The number of pyridine rings is 1. The van der Waals surface area contributed by atoms with Crippen molar-refractivity contribution in [3.63, 3.8) is 0 Å². The van der Waals surface area contributed by atoms with Gasteiger partial charge < -0.3 is 5.32 Å². The van der Waals surface area contributed by atoms with Gasteiger partial charge in [-0.25, -0.2) is 8.42 Å². The number of hydrogen-bond acceptors (Lipinski definition) is 4. The number of nitrogens with one attached hydrogen (secondary N) is 1. The van der Waals surface area contributed by atoms with E-state index in [-0.39, 0.29) is 4.90 Å². The molecule has 0 radical (unpaired) electrons. The molecule has 0 amide bonds. The highest BCUT2D eigenvalue weighted by molar-refractivity contribution is 7.93. The molecule has 1 aromatic heterocycles. The number of para-hydroxylation sites is 1. The average molecular weight is 277 g/mol. The fourth-order valence-corrected chi connectivity index (χ4v) is 3.10. The molecule has 1 heterocycles. The van der Waals surface area contributed by atoms with Crippen molar-refractivity contribution < 1.29 is 8.42 Å². The van der Waals surface area contributed by atoms with Gasteiger partial charge in [-0.2, -0.15) is 0 Å². The summed E-state index contributed by atoms with van der Waals surface area (Å²) in [7, 11) is -0.398. The Morgan fingerprint density at radius 2 is 1.89 bits per heavy atom. The third-order valence-corrected chi connectivity index (χ3v) is 4.65. The lowest BCUT2D eigenvalue weighted by molar-refractivity contribution is 0.594. The Kier molecular flexibility index (Phi) is 3.71.